The predicted molar refractivity (Wildman–Crippen MR) is 146 cm³/mol. The number of esters is 2. The molecule has 5 aromatic rings. The van der Waals surface area contributed by atoms with Crippen molar-refractivity contribution in [1.29, 1.82) is 0 Å². The number of carbonyl (C=O) groups excluding carboxylic acids is 2. The van der Waals surface area contributed by atoms with Crippen molar-refractivity contribution in [2.75, 3.05) is 14.2 Å². The van der Waals surface area contributed by atoms with E-state index in [4.69, 9.17) is 9.47 Å². The molecular formula is C32H24N2O4. The summed E-state index contributed by atoms with van der Waals surface area (Å²) in [5.74, 6) is -1.23. The van der Waals surface area contributed by atoms with Crippen molar-refractivity contribution < 1.29 is 19.1 Å². The number of nitrogens with zero attached hydrogens (tertiary/aromatic N) is 2. The highest BCUT2D eigenvalue weighted by Gasteiger charge is 2.23. The van der Waals surface area contributed by atoms with Crippen LogP contribution >= 0.6 is 0 Å². The number of hydrogen-bond donors (Lipinski definition) is 0. The lowest BCUT2D eigenvalue weighted by molar-refractivity contribution is 0.0555. The molecule has 0 saturated heterocycles. The molecule has 0 amide bonds. The normalized spacial score (nSPS) is 10.6. The SMILES string of the molecule is COC(=O)c1cc(-c2ccc(-c3cccnc3)cc2)c(-c2ccc(-c3cccnc3)cc2)cc1C(=O)OC. The quantitative estimate of drug-likeness (QED) is 0.241. The fourth-order valence-electron chi connectivity index (χ4n) is 4.39. The molecule has 3 aromatic carbocycles. The maximum atomic E-state index is 12.7. The molecule has 0 aliphatic heterocycles. The van der Waals surface area contributed by atoms with Crippen LogP contribution in [0.3, 0.4) is 0 Å². The van der Waals surface area contributed by atoms with Gasteiger partial charge in [-0.2, -0.15) is 0 Å². The van der Waals surface area contributed by atoms with Crippen LogP contribution in [0.5, 0.6) is 0 Å². The van der Waals surface area contributed by atoms with Gasteiger partial charge in [0.1, 0.15) is 0 Å². The standard InChI is InChI=1S/C32H24N2O4/c1-37-31(35)29-17-27(23-11-7-21(8-12-23)25-5-3-15-33-19-25)28(18-30(29)32(36)38-2)24-13-9-22(10-14-24)26-6-4-16-34-20-26/h3-20H,1-2H3. The third kappa shape index (κ3) is 4.92. The van der Waals surface area contributed by atoms with Gasteiger partial charge in [-0.15, -0.1) is 0 Å². The molecule has 2 heterocycles. The number of rotatable bonds is 6. The Balaban J connectivity index is 1.66. The summed E-state index contributed by atoms with van der Waals surface area (Å²) >= 11 is 0. The van der Waals surface area contributed by atoms with Gasteiger partial charge in [0.15, 0.2) is 0 Å². The topological polar surface area (TPSA) is 78.4 Å². The minimum atomic E-state index is -0.614. The average Bonchev–Trinajstić information content (AvgIpc) is 3.00. The van der Waals surface area contributed by atoms with Crippen LogP contribution in [-0.2, 0) is 9.47 Å². The smallest absolute Gasteiger partial charge is 0.338 e. The second-order valence-electron chi connectivity index (χ2n) is 8.56. The van der Waals surface area contributed by atoms with E-state index in [0.29, 0.717) is 0 Å². The van der Waals surface area contributed by atoms with Gasteiger partial charge in [0.05, 0.1) is 25.3 Å². The second-order valence-corrected chi connectivity index (χ2v) is 8.56. The fourth-order valence-corrected chi connectivity index (χ4v) is 4.39. The number of ether oxygens (including phenoxy) is 2. The van der Waals surface area contributed by atoms with Crippen molar-refractivity contribution in [1.82, 2.24) is 9.97 Å². The number of carbonyl (C=O) groups is 2. The molecule has 0 unspecified atom stereocenters. The second kappa shape index (κ2) is 10.9. The number of hydrogen-bond acceptors (Lipinski definition) is 6. The van der Waals surface area contributed by atoms with Gasteiger partial charge in [0, 0.05) is 24.8 Å². The Morgan fingerprint density at radius 3 is 1.21 bits per heavy atom. The molecule has 0 atom stereocenters. The van der Waals surface area contributed by atoms with Crippen LogP contribution in [0.2, 0.25) is 0 Å². The van der Waals surface area contributed by atoms with Gasteiger partial charge in [-0.05, 0) is 68.8 Å². The van der Waals surface area contributed by atoms with Gasteiger partial charge in [0.25, 0.3) is 0 Å². The summed E-state index contributed by atoms with van der Waals surface area (Å²) in [6.07, 6.45) is 7.09. The minimum Gasteiger partial charge on any atom is -0.465 e. The zero-order valence-electron chi connectivity index (χ0n) is 20.9. The lowest BCUT2D eigenvalue weighted by Crippen LogP contribution is -2.12. The van der Waals surface area contributed by atoms with E-state index >= 15 is 0 Å². The highest BCUT2D eigenvalue weighted by molar-refractivity contribution is 6.06. The third-order valence-corrected chi connectivity index (χ3v) is 6.35. The largest absolute Gasteiger partial charge is 0.465 e. The van der Waals surface area contributed by atoms with Gasteiger partial charge in [-0.1, -0.05) is 60.7 Å². The summed E-state index contributed by atoms with van der Waals surface area (Å²) in [5, 5.41) is 0. The lowest BCUT2D eigenvalue weighted by atomic mass is 9.89. The van der Waals surface area contributed by atoms with Crippen molar-refractivity contribution in [2.24, 2.45) is 0 Å². The van der Waals surface area contributed by atoms with Crippen molar-refractivity contribution in [3.8, 4) is 44.5 Å². The molecular weight excluding hydrogens is 476 g/mol. The number of methoxy groups -OCH3 is 2. The highest BCUT2D eigenvalue weighted by atomic mass is 16.5. The zero-order valence-corrected chi connectivity index (χ0v) is 20.9. The number of aromatic nitrogens is 2. The molecule has 0 bridgehead atoms. The van der Waals surface area contributed by atoms with E-state index in [-0.39, 0.29) is 11.1 Å². The number of benzene rings is 3. The van der Waals surface area contributed by atoms with Gasteiger partial charge in [-0.25, -0.2) is 9.59 Å². The van der Waals surface area contributed by atoms with E-state index in [1.807, 2.05) is 85.2 Å². The Hall–Kier alpha value is -5.10. The Bertz CT molecular complexity index is 1460. The summed E-state index contributed by atoms with van der Waals surface area (Å²) in [6.45, 7) is 0. The first-order valence-electron chi connectivity index (χ1n) is 12.0. The number of pyridine rings is 2. The van der Waals surface area contributed by atoms with Crippen molar-refractivity contribution in [3.63, 3.8) is 0 Å². The molecule has 5 rings (SSSR count). The van der Waals surface area contributed by atoms with Gasteiger partial charge >= 0.3 is 11.9 Å². The summed E-state index contributed by atoms with van der Waals surface area (Å²) in [6, 6.07) is 27.2. The summed E-state index contributed by atoms with van der Waals surface area (Å²) in [7, 11) is 2.58. The zero-order chi connectivity index (χ0) is 26.5. The predicted octanol–water partition coefficient (Wildman–Crippen LogP) is 6.72. The molecule has 0 N–H and O–H groups in total. The molecule has 38 heavy (non-hydrogen) atoms. The Kier molecular flexibility index (Phi) is 7.04. The van der Waals surface area contributed by atoms with Crippen molar-refractivity contribution >= 4 is 11.9 Å². The maximum Gasteiger partial charge on any atom is 0.338 e. The first-order chi connectivity index (χ1) is 18.6. The molecule has 0 fully saturated rings. The molecule has 2 aromatic heterocycles. The minimum absolute atomic E-state index is 0.140. The molecule has 0 radical (unpaired) electrons. The van der Waals surface area contributed by atoms with E-state index in [1.54, 1.807) is 24.5 Å². The summed E-state index contributed by atoms with van der Waals surface area (Å²) in [5.41, 5.74) is 7.64. The van der Waals surface area contributed by atoms with E-state index in [1.165, 1.54) is 14.2 Å². The lowest BCUT2D eigenvalue weighted by Gasteiger charge is -2.16. The van der Waals surface area contributed by atoms with Crippen LogP contribution in [0.1, 0.15) is 20.7 Å². The molecule has 0 aliphatic rings. The summed E-state index contributed by atoms with van der Waals surface area (Å²) in [4.78, 5) is 33.8. The van der Waals surface area contributed by atoms with Crippen LogP contribution in [0.25, 0.3) is 44.5 Å². The van der Waals surface area contributed by atoms with Crippen LogP contribution < -0.4 is 0 Å². The van der Waals surface area contributed by atoms with Crippen LogP contribution in [0.15, 0.2) is 110 Å². The molecule has 0 aliphatic carbocycles. The third-order valence-electron chi connectivity index (χ3n) is 6.35. The molecule has 0 spiro atoms. The van der Waals surface area contributed by atoms with E-state index in [2.05, 4.69) is 9.97 Å². The fraction of sp³-hybridized carbons (Fsp3) is 0.0625. The van der Waals surface area contributed by atoms with E-state index in [0.717, 1.165) is 44.5 Å². The van der Waals surface area contributed by atoms with Gasteiger partial charge < -0.3 is 9.47 Å². The van der Waals surface area contributed by atoms with Crippen LogP contribution in [-0.4, -0.2) is 36.1 Å². The Morgan fingerprint density at radius 1 is 0.526 bits per heavy atom. The highest BCUT2D eigenvalue weighted by Crippen LogP contribution is 2.37. The van der Waals surface area contributed by atoms with Gasteiger partial charge in [0.2, 0.25) is 0 Å². The van der Waals surface area contributed by atoms with Crippen molar-refractivity contribution in [3.05, 3.63) is 121 Å². The monoisotopic (exact) mass is 500 g/mol. The van der Waals surface area contributed by atoms with E-state index < -0.39 is 11.9 Å². The average molecular weight is 501 g/mol. The van der Waals surface area contributed by atoms with Crippen LogP contribution in [0, 0.1) is 0 Å². The first kappa shape index (κ1) is 24.6. The van der Waals surface area contributed by atoms with E-state index in [9.17, 15) is 9.59 Å². The summed E-state index contributed by atoms with van der Waals surface area (Å²) < 4.78 is 9.98. The Labute approximate surface area is 220 Å². The van der Waals surface area contributed by atoms with Crippen LogP contribution in [0.4, 0.5) is 0 Å². The maximum absolute atomic E-state index is 12.7. The molecule has 6 nitrogen and oxygen atoms in total. The van der Waals surface area contributed by atoms with Crippen molar-refractivity contribution in [2.45, 2.75) is 0 Å². The molecule has 6 heteroatoms. The Morgan fingerprint density at radius 2 is 0.895 bits per heavy atom. The molecule has 186 valence electrons. The molecule has 0 saturated carbocycles. The van der Waals surface area contributed by atoms with Gasteiger partial charge in [-0.3, -0.25) is 9.97 Å². The first-order valence-corrected chi connectivity index (χ1v) is 12.0.